The highest BCUT2D eigenvalue weighted by molar-refractivity contribution is 7.92. The fraction of sp³-hybridized carbons (Fsp3) is 0.0435. The fourth-order valence-corrected chi connectivity index (χ4v) is 4.69. The molecule has 0 atom stereocenters. The minimum absolute atomic E-state index is 0.108. The Morgan fingerprint density at radius 3 is 2.38 bits per heavy atom. The van der Waals surface area contributed by atoms with Crippen LogP contribution in [0.3, 0.4) is 0 Å². The lowest BCUT2D eigenvalue weighted by Gasteiger charge is -2.10. The minimum Gasteiger partial charge on any atom is -0.493 e. The molecule has 1 heterocycles. The number of hydrogen-bond donors (Lipinski definition) is 3. The number of nitro benzene ring substituents is 1. The van der Waals surface area contributed by atoms with Gasteiger partial charge < -0.3 is 10.2 Å². The van der Waals surface area contributed by atoms with E-state index in [1.165, 1.54) is 31.2 Å². The number of aromatic hydroxyl groups is 1. The van der Waals surface area contributed by atoms with Gasteiger partial charge >= 0.3 is 5.97 Å². The van der Waals surface area contributed by atoms with Crippen molar-refractivity contribution in [2.75, 3.05) is 4.72 Å². The number of nitro groups is 1. The van der Waals surface area contributed by atoms with E-state index in [0.29, 0.717) is 10.9 Å². The Bertz CT molecular complexity index is 1730. The molecule has 14 heteroatoms. The summed E-state index contributed by atoms with van der Waals surface area (Å²) in [5, 5.41) is 39.6. The molecule has 13 nitrogen and oxygen atoms in total. The lowest BCUT2D eigenvalue weighted by molar-refractivity contribution is -0.384. The Kier molecular flexibility index (Phi) is 6.42. The molecule has 0 saturated heterocycles. The normalized spacial score (nSPS) is 11.6. The number of azo groups is 1. The van der Waals surface area contributed by atoms with E-state index >= 15 is 0 Å². The molecule has 4 rings (SSSR count). The van der Waals surface area contributed by atoms with Gasteiger partial charge in [0.05, 0.1) is 26.6 Å². The number of carboxylic acids is 1. The van der Waals surface area contributed by atoms with Crippen molar-refractivity contribution in [1.82, 2.24) is 4.57 Å². The fourth-order valence-electron chi connectivity index (χ4n) is 3.59. The lowest BCUT2D eigenvalue weighted by atomic mass is 10.2. The molecule has 3 N–H and O–H groups in total. The van der Waals surface area contributed by atoms with Crippen LogP contribution in [0.2, 0.25) is 0 Å². The first kappa shape index (κ1) is 25.0. The maximum absolute atomic E-state index is 12.9. The zero-order valence-corrected chi connectivity index (χ0v) is 19.7. The standard InChI is InChI=1S/C23H17N5O8S/c1-13(29)27-19-9-5-3-7-16(19)21(22(27)30)25-24-18-11-10-14(12-20(18)28(33)34)37(35,36)26-17-8-4-2-6-15(17)23(31)32/h2-12,26,30H,1H3,(H,31,32). The molecule has 1 aromatic heterocycles. The summed E-state index contributed by atoms with van der Waals surface area (Å²) in [5.41, 5.74) is -1.33. The van der Waals surface area contributed by atoms with E-state index in [9.17, 15) is 38.3 Å². The van der Waals surface area contributed by atoms with Gasteiger partial charge in [-0.1, -0.05) is 30.3 Å². The van der Waals surface area contributed by atoms with Gasteiger partial charge in [0, 0.05) is 18.4 Å². The van der Waals surface area contributed by atoms with Gasteiger partial charge in [-0.15, -0.1) is 10.2 Å². The van der Waals surface area contributed by atoms with E-state index in [2.05, 4.69) is 15.0 Å². The first-order valence-corrected chi connectivity index (χ1v) is 11.9. The zero-order valence-electron chi connectivity index (χ0n) is 18.9. The molecule has 0 aliphatic rings. The van der Waals surface area contributed by atoms with Crippen molar-refractivity contribution < 1.29 is 33.1 Å². The van der Waals surface area contributed by atoms with E-state index in [-0.39, 0.29) is 22.6 Å². The van der Waals surface area contributed by atoms with Crippen LogP contribution in [0, 0.1) is 10.1 Å². The topological polar surface area (TPSA) is 194 Å². The van der Waals surface area contributed by atoms with E-state index < -0.39 is 43.3 Å². The Hall–Kier alpha value is -5.11. The maximum atomic E-state index is 12.9. The highest BCUT2D eigenvalue weighted by Crippen LogP contribution is 2.40. The number of rotatable bonds is 7. The number of aromatic carboxylic acids is 1. The Morgan fingerprint density at radius 1 is 1.03 bits per heavy atom. The number of fused-ring (bicyclic) bond motifs is 1. The smallest absolute Gasteiger partial charge is 0.337 e. The molecule has 0 radical (unpaired) electrons. The van der Waals surface area contributed by atoms with Crippen LogP contribution < -0.4 is 4.72 Å². The van der Waals surface area contributed by atoms with Crippen LogP contribution in [-0.2, 0) is 10.0 Å². The second kappa shape index (κ2) is 9.50. The minimum atomic E-state index is -4.42. The van der Waals surface area contributed by atoms with Crippen molar-refractivity contribution in [3.8, 4) is 5.88 Å². The van der Waals surface area contributed by atoms with Gasteiger partial charge in [0.1, 0.15) is 0 Å². The molecule has 0 saturated carbocycles. The third-order valence-corrected chi connectivity index (χ3v) is 6.62. The lowest BCUT2D eigenvalue weighted by Crippen LogP contribution is -2.15. The van der Waals surface area contributed by atoms with Gasteiger partial charge in [0.2, 0.25) is 11.8 Å². The number of aromatic nitrogens is 1. The number of para-hydroxylation sites is 2. The number of carboxylic acid groups (broad SMARTS) is 1. The predicted molar refractivity (Wildman–Crippen MR) is 131 cm³/mol. The molecule has 4 aromatic rings. The summed E-state index contributed by atoms with van der Waals surface area (Å²) in [6, 6.07) is 14.5. The predicted octanol–water partition coefficient (Wildman–Crippen LogP) is 4.83. The summed E-state index contributed by atoms with van der Waals surface area (Å²) >= 11 is 0. The van der Waals surface area contributed by atoms with Gasteiger partial charge in [-0.25, -0.2) is 17.8 Å². The first-order valence-electron chi connectivity index (χ1n) is 10.4. The zero-order chi connectivity index (χ0) is 26.9. The van der Waals surface area contributed by atoms with Gasteiger partial charge in [0.25, 0.3) is 15.7 Å². The molecule has 3 aromatic carbocycles. The highest BCUT2D eigenvalue weighted by atomic mass is 32.2. The SMILES string of the molecule is CC(=O)n1c(O)c(N=Nc2ccc(S(=O)(=O)Nc3ccccc3C(=O)O)cc2[N+](=O)[O-])c2ccccc21. The summed E-state index contributed by atoms with van der Waals surface area (Å²) in [4.78, 5) is 33.7. The van der Waals surface area contributed by atoms with Crippen LogP contribution in [0.4, 0.5) is 22.7 Å². The summed E-state index contributed by atoms with van der Waals surface area (Å²) in [7, 11) is -4.42. The molecular formula is C23H17N5O8S. The van der Waals surface area contributed by atoms with E-state index in [4.69, 9.17) is 0 Å². The quantitative estimate of drug-likeness (QED) is 0.174. The van der Waals surface area contributed by atoms with Crippen molar-refractivity contribution in [1.29, 1.82) is 0 Å². The van der Waals surface area contributed by atoms with Gasteiger partial charge in [-0.05, 0) is 30.3 Å². The van der Waals surface area contributed by atoms with Crippen molar-refractivity contribution in [2.45, 2.75) is 11.8 Å². The number of hydrogen-bond acceptors (Lipinski definition) is 9. The molecule has 0 bridgehead atoms. The number of sulfonamides is 1. The average molecular weight is 523 g/mol. The van der Waals surface area contributed by atoms with Crippen LogP contribution in [-0.4, -0.2) is 40.0 Å². The molecule has 0 amide bonds. The molecule has 0 fully saturated rings. The van der Waals surface area contributed by atoms with Crippen LogP contribution in [0.15, 0.2) is 81.9 Å². The van der Waals surface area contributed by atoms with Gasteiger partial charge in [0.15, 0.2) is 11.4 Å². The molecule has 188 valence electrons. The first-order chi connectivity index (χ1) is 17.5. The third-order valence-electron chi connectivity index (χ3n) is 5.25. The maximum Gasteiger partial charge on any atom is 0.337 e. The summed E-state index contributed by atoms with van der Waals surface area (Å²) in [5.74, 6) is -2.37. The molecule has 0 spiro atoms. The largest absolute Gasteiger partial charge is 0.493 e. The van der Waals surface area contributed by atoms with Crippen molar-refractivity contribution in [2.24, 2.45) is 10.2 Å². The van der Waals surface area contributed by atoms with Gasteiger partial charge in [-0.3, -0.25) is 19.6 Å². The van der Waals surface area contributed by atoms with Crippen LogP contribution >= 0.6 is 0 Å². The molecule has 37 heavy (non-hydrogen) atoms. The van der Waals surface area contributed by atoms with Crippen molar-refractivity contribution in [3.05, 3.63) is 82.4 Å². The van der Waals surface area contributed by atoms with Crippen molar-refractivity contribution >= 4 is 55.6 Å². The number of carbonyl (C=O) groups is 2. The summed E-state index contributed by atoms with van der Waals surface area (Å²) in [6.07, 6.45) is 0. The van der Waals surface area contributed by atoms with Crippen LogP contribution in [0.25, 0.3) is 10.9 Å². The van der Waals surface area contributed by atoms with Crippen LogP contribution in [0.1, 0.15) is 22.1 Å². The van der Waals surface area contributed by atoms with E-state index in [0.717, 1.165) is 22.8 Å². The molecule has 0 aliphatic carbocycles. The third kappa shape index (κ3) is 4.72. The molecule has 0 unspecified atom stereocenters. The van der Waals surface area contributed by atoms with Crippen molar-refractivity contribution in [3.63, 3.8) is 0 Å². The molecule has 0 aliphatic heterocycles. The Morgan fingerprint density at radius 2 is 1.70 bits per heavy atom. The van der Waals surface area contributed by atoms with Gasteiger partial charge in [-0.2, -0.15) is 0 Å². The second-order valence-corrected chi connectivity index (χ2v) is 9.29. The van der Waals surface area contributed by atoms with Crippen LogP contribution in [0.5, 0.6) is 5.88 Å². The van der Waals surface area contributed by atoms with E-state index in [1.54, 1.807) is 24.3 Å². The molecular weight excluding hydrogens is 506 g/mol. The van der Waals surface area contributed by atoms with E-state index in [1.807, 2.05) is 0 Å². The Balaban J connectivity index is 1.75. The number of nitrogens with one attached hydrogen (secondary N) is 1. The average Bonchev–Trinajstić information content (AvgIpc) is 3.13. The highest BCUT2D eigenvalue weighted by Gasteiger charge is 2.24. The summed E-state index contributed by atoms with van der Waals surface area (Å²) in [6.45, 7) is 1.24. The number of anilines is 1. The Labute approximate surface area is 208 Å². The monoisotopic (exact) mass is 523 g/mol. The second-order valence-electron chi connectivity index (χ2n) is 7.61. The summed E-state index contributed by atoms with van der Waals surface area (Å²) < 4.78 is 28.8. The number of nitrogens with zero attached hydrogens (tertiary/aromatic N) is 4. The number of benzene rings is 3. The number of carbonyl (C=O) groups excluding carboxylic acids is 1.